The molecule has 3 aromatic rings. The van der Waals surface area contributed by atoms with E-state index in [-0.39, 0.29) is 11.8 Å². The second-order valence-corrected chi connectivity index (χ2v) is 6.99. The Kier molecular flexibility index (Phi) is 4.86. The van der Waals surface area contributed by atoms with E-state index >= 15 is 0 Å². The van der Waals surface area contributed by atoms with Gasteiger partial charge in [0.05, 0.1) is 21.3 Å². The molecule has 6 nitrogen and oxygen atoms in total. The lowest BCUT2D eigenvalue weighted by molar-refractivity contribution is -0.120. The number of amides is 1. The minimum Gasteiger partial charge on any atom is -0.497 e. The third-order valence-electron chi connectivity index (χ3n) is 5.42. The molecule has 0 spiro atoms. The SMILES string of the molecule is COc1ccc2[nH]c3c(c2c1)CC(C(=O)Nc1ccc(OC)c(OC)c1)CC3. The van der Waals surface area contributed by atoms with Crippen LogP contribution in [0.4, 0.5) is 5.69 Å². The normalized spacial score (nSPS) is 15.8. The molecule has 1 amide bonds. The maximum atomic E-state index is 12.9. The highest BCUT2D eigenvalue weighted by atomic mass is 16.5. The van der Waals surface area contributed by atoms with Crippen molar-refractivity contribution in [3.63, 3.8) is 0 Å². The van der Waals surface area contributed by atoms with Crippen LogP contribution in [0.2, 0.25) is 0 Å². The number of nitrogens with one attached hydrogen (secondary N) is 2. The largest absolute Gasteiger partial charge is 0.497 e. The van der Waals surface area contributed by atoms with Gasteiger partial charge in [-0.15, -0.1) is 0 Å². The number of methoxy groups -OCH3 is 3. The van der Waals surface area contributed by atoms with Crippen LogP contribution in [0.15, 0.2) is 36.4 Å². The Morgan fingerprint density at radius 1 is 1.04 bits per heavy atom. The molecule has 1 atom stereocenters. The van der Waals surface area contributed by atoms with Crippen LogP contribution in [-0.2, 0) is 17.6 Å². The number of anilines is 1. The molecule has 0 saturated carbocycles. The second kappa shape index (κ2) is 7.46. The van der Waals surface area contributed by atoms with Crippen molar-refractivity contribution >= 4 is 22.5 Å². The summed E-state index contributed by atoms with van der Waals surface area (Å²) in [6.07, 6.45) is 2.38. The average Bonchev–Trinajstić information content (AvgIpc) is 3.10. The van der Waals surface area contributed by atoms with E-state index in [2.05, 4.69) is 10.3 Å². The van der Waals surface area contributed by atoms with Gasteiger partial charge in [-0.25, -0.2) is 0 Å². The van der Waals surface area contributed by atoms with E-state index in [4.69, 9.17) is 14.2 Å². The molecule has 146 valence electrons. The minimum absolute atomic E-state index is 0.0233. The van der Waals surface area contributed by atoms with E-state index < -0.39 is 0 Å². The van der Waals surface area contributed by atoms with E-state index in [9.17, 15) is 4.79 Å². The molecule has 2 aromatic carbocycles. The first-order chi connectivity index (χ1) is 13.6. The fourth-order valence-electron chi connectivity index (χ4n) is 3.91. The molecule has 1 heterocycles. The lowest BCUT2D eigenvalue weighted by Gasteiger charge is -2.22. The molecular weight excluding hydrogens is 356 g/mol. The summed E-state index contributed by atoms with van der Waals surface area (Å²) in [6.45, 7) is 0. The number of ether oxygens (including phenoxy) is 3. The van der Waals surface area contributed by atoms with Crippen LogP contribution in [0.5, 0.6) is 17.2 Å². The van der Waals surface area contributed by atoms with Crippen molar-refractivity contribution in [1.82, 2.24) is 4.98 Å². The van der Waals surface area contributed by atoms with Crippen LogP contribution < -0.4 is 19.5 Å². The van der Waals surface area contributed by atoms with Crippen molar-refractivity contribution in [2.75, 3.05) is 26.6 Å². The summed E-state index contributed by atoms with van der Waals surface area (Å²) in [6, 6.07) is 11.4. The topological polar surface area (TPSA) is 72.6 Å². The van der Waals surface area contributed by atoms with Gasteiger partial charge in [-0.05, 0) is 55.2 Å². The first-order valence-corrected chi connectivity index (χ1v) is 9.33. The highest BCUT2D eigenvalue weighted by Gasteiger charge is 2.27. The smallest absolute Gasteiger partial charge is 0.227 e. The average molecular weight is 380 g/mol. The number of aromatic amines is 1. The third-order valence-corrected chi connectivity index (χ3v) is 5.42. The summed E-state index contributed by atoms with van der Waals surface area (Å²) in [5.41, 5.74) is 4.23. The molecule has 6 heteroatoms. The zero-order valence-electron chi connectivity index (χ0n) is 16.3. The monoisotopic (exact) mass is 380 g/mol. The number of aryl methyl sites for hydroxylation is 1. The van der Waals surface area contributed by atoms with Gasteiger partial charge in [-0.1, -0.05) is 0 Å². The van der Waals surface area contributed by atoms with E-state index in [1.807, 2.05) is 24.3 Å². The van der Waals surface area contributed by atoms with Gasteiger partial charge in [0, 0.05) is 34.3 Å². The molecule has 1 aliphatic rings. The van der Waals surface area contributed by atoms with Gasteiger partial charge >= 0.3 is 0 Å². The van der Waals surface area contributed by atoms with E-state index in [0.717, 1.165) is 29.5 Å². The zero-order chi connectivity index (χ0) is 19.7. The van der Waals surface area contributed by atoms with Gasteiger partial charge in [-0.2, -0.15) is 0 Å². The predicted octanol–water partition coefficient (Wildman–Crippen LogP) is 3.94. The molecule has 28 heavy (non-hydrogen) atoms. The van der Waals surface area contributed by atoms with Gasteiger partial charge in [0.2, 0.25) is 5.91 Å². The van der Waals surface area contributed by atoms with E-state index in [0.29, 0.717) is 23.6 Å². The fourth-order valence-corrected chi connectivity index (χ4v) is 3.91. The Morgan fingerprint density at radius 2 is 1.86 bits per heavy atom. The maximum Gasteiger partial charge on any atom is 0.227 e. The van der Waals surface area contributed by atoms with Crippen molar-refractivity contribution in [3.8, 4) is 17.2 Å². The molecule has 1 aromatic heterocycles. The molecule has 0 bridgehead atoms. The van der Waals surface area contributed by atoms with Crippen LogP contribution in [0.3, 0.4) is 0 Å². The number of carbonyl (C=O) groups excluding carboxylic acids is 1. The standard InChI is InChI=1S/C22H24N2O4/c1-26-15-6-8-19-17(12-15)16-10-13(4-7-18(16)24-19)22(25)23-14-5-9-20(27-2)21(11-14)28-3/h5-6,8-9,11-13,24H,4,7,10H2,1-3H3,(H,23,25). The molecule has 0 saturated heterocycles. The number of hydrogen-bond donors (Lipinski definition) is 2. The third kappa shape index (κ3) is 3.26. The Morgan fingerprint density at radius 3 is 2.61 bits per heavy atom. The summed E-state index contributed by atoms with van der Waals surface area (Å²) < 4.78 is 15.9. The Bertz CT molecular complexity index is 1020. The van der Waals surface area contributed by atoms with Crippen LogP contribution in [0.1, 0.15) is 17.7 Å². The van der Waals surface area contributed by atoms with Crippen molar-refractivity contribution in [3.05, 3.63) is 47.7 Å². The molecule has 0 radical (unpaired) electrons. The first kappa shape index (κ1) is 18.2. The lowest BCUT2D eigenvalue weighted by atomic mass is 9.85. The summed E-state index contributed by atoms with van der Waals surface area (Å²) in [5, 5.41) is 4.16. The van der Waals surface area contributed by atoms with Crippen LogP contribution >= 0.6 is 0 Å². The summed E-state index contributed by atoms with van der Waals surface area (Å²) in [4.78, 5) is 16.4. The number of hydrogen-bond acceptors (Lipinski definition) is 4. The van der Waals surface area contributed by atoms with Crippen LogP contribution in [0.25, 0.3) is 10.9 Å². The Labute approximate surface area is 163 Å². The second-order valence-electron chi connectivity index (χ2n) is 6.99. The van der Waals surface area contributed by atoms with Crippen LogP contribution in [0, 0.1) is 5.92 Å². The highest BCUT2D eigenvalue weighted by Crippen LogP contribution is 2.35. The van der Waals surface area contributed by atoms with E-state index in [1.54, 1.807) is 33.5 Å². The Hall–Kier alpha value is -3.15. The van der Waals surface area contributed by atoms with Gasteiger partial charge in [0.25, 0.3) is 0 Å². The molecule has 0 fully saturated rings. The van der Waals surface area contributed by atoms with Gasteiger partial charge in [-0.3, -0.25) is 4.79 Å². The van der Waals surface area contributed by atoms with Crippen LogP contribution in [-0.4, -0.2) is 32.2 Å². The van der Waals surface area contributed by atoms with Gasteiger partial charge in [0.1, 0.15) is 5.75 Å². The molecule has 0 aliphatic heterocycles. The van der Waals surface area contributed by atoms with Gasteiger partial charge < -0.3 is 24.5 Å². The fraction of sp³-hybridized carbons (Fsp3) is 0.318. The minimum atomic E-state index is -0.0780. The van der Waals surface area contributed by atoms with Crippen molar-refractivity contribution in [2.24, 2.45) is 5.92 Å². The highest BCUT2D eigenvalue weighted by molar-refractivity contribution is 5.94. The number of fused-ring (bicyclic) bond motifs is 3. The first-order valence-electron chi connectivity index (χ1n) is 9.33. The molecule has 4 rings (SSSR count). The van der Waals surface area contributed by atoms with Crippen molar-refractivity contribution in [1.29, 1.82) is 0 Å². The van der Waals surface area contributed by atoms with Crippen molar-refractivity contribution in [2.45, 2.75) is 19.3 Å². The zero-order valence-corrected chi connectivity index (χ0v) is 16.3. The summed E-state index contributed by atoms with van der Waals surface area (Å²) >= 11 is 0. The van der Waals surface area contributed by atoms with Gasteiger partial charge in [0.15, 0.2) is 11.5 Å². The molecular formula is C22H24N2O4. The maximum absolute atomic E-state index is 12.9. The summed E-state index contributed by atoms with van der Waals surface area (Å²) in [5.74, 6) is 2.00. The number of carbonyl (C=O) groups is 1. The van der Waals surface area contributed by atoms with Crippen molar-refractivity contribution < 1.29 is 19.0 Å². The molecule has 1 unspecified atom stereocenters. The Balaban J connectivity index is 1.54. The number of H-pyrrole nitrogens is 1. The lowest BCUT2D eigenvalue weighted by Crippen LogP contribution is -2.28. The molecule has 1 aliphatic carbocycles. The number of aromatic nitrogens is 1. The number of rotatable bonds is 5. The predicted molar refractivity (Wildman–Crippen MR) is 109 cm³/mol. The quantitative estimate of drug-likeness (QED) is 0.703. The number of benzene rings is 2. The summed E-state index contributed by atoms with van der Waals surface area (Å²) in [7, 11) is 4.84. The van der Waals surface area contributed by atoms with E-state index in [1.165, 1.54) is 11.3 Å². The molecule has 2 N–H and O–H groups in total.